The van der Waals surface area contributed by atoms with Crippen LogP contribution in [0.1, 0.15) is 40.0 Å². The average Bonchev–Trinajstić information content (AvgIpc) is 2.11. The van der Waals surface area contributed by atoms with Crippen LogP contribution in [0.2, 0.25) is 0 Å². The minimum absolute atomic E-state index is 0.0457. The van der Waals surface area contributed by atoms with E-state index in [0.717, 1.165) is 6.42 Å². The average molecular weight is 222 g/mol. The number of carbonyl (C=O) groups is 1. The van der Waals surface area contributed by atoms with E-state index in [1.807, 2.05) is 0 Å². The van der Waals surface area contributed by atoms with Crippen molar-refractivity contribution >= 4 is 6.03 Å². The van der Waals surface area contributed by atoms with Crippen LogP contribution < -0.4 is 5.73 Å². The van der Waals surface area contributed by atoms with Gasteiger partial charge in [0, 0.05) is 0 Å². The number of hydrogen-bond acceptors (Lipinski definition) is 3. The molecular weight excluding hydrogens is 204 g/mol. The molecule has 5 heteroatoms. The van der Waals surface area contributed by atoms with Crippen molar-refractivity contribution in [3.05, 3.63) is 0 Å². The first kappa shape index (κ1) is 12.6. The predicted molar refractivity (Wildman–Crippen MR) is 59.6 cm³/mol. The molecule has 0 heterocycles. The van der Waals surface area contributed by atoms with Gasteiger partial charge >= 0.3 is 6.03 Å². The highest BCUT2D eigenvalue weighted by atomic mass is 16.2. The summed E-state index contributed by atoms with van der Waals surface area (Å²) in [6, 6.07) is 1.35. The number of nitrogens with zero attached hydrogens (tertiary/aromatic N) is 3. The van der Waals surface area contributed by atoms with Crippen LogP contribution in [-0.4, -0.2) is 11.6 Å². The van der Waals surface area contributed by atoms with E-state index in [4.69, 9.17) is 5.73 Å². The fourth-order valence-corrected chi connectivity index (χ4v) is 2.86. The quantitative estimate of drug-likeness (QED) is 0.690. The zero-order chi connectivity index (χ0) is 12.4. The molecule has 2 N–H and O–H groups in total. The second-order valence-corrected chi connectivity index (χ2v) is 5.54. The molecule has 16 heavy (non-hydrogen) atoms. The summed E-state index contributed by atoms with van der Waals surface area (Å²) < 4.78 is 0. The number of carbonyl (C=O) groups excluding carboxylic acids is 1. The van der Waals surface area contributed by atoms with Crippen LogP contribution in [0, 0.1) is 22.7 Å². The van der Waals surface area contributed by atoms with Crippen LogP contribution in [0.15, 0.2) is 10.2 Å². The van der Waals surface area contributed by atoms with Crippen molar-refractivity contribution < 1.29 is 4.79 Å². The monoisotopic (exact) mass is 222 g/mol. The number of rotatable bonds is 1. The van der Waals surface area contributed by atoms with Crippen molar-refractivity contribution in [2.45, 2.75) is 45.6 Å². The van der Waals surface area contributed by atoms with Gasteiger partial charge in [-0.3, -0.25) is 0 Å². The number of primary amides is 1. The molecule has 1 aliphatic carbocycles. The SMILES string of the molecule is CC1CC(C)(C)CC(C#N)(N=NC(N)=O)C1. The minimum Gasteiger partial charge on any atom is -0.348 e. The van der Waals surface area contributed by atoms with E-state index in [0.29, 0.717) is 18.8 Å². The highest BCUT2D eigenvalue weighted by Crippen LogP contribution is 2.45. The third kappa shape index (κ3) is 3.02. The van der Waals surface area contributed by atoms with Crippen molar-refractivity contribution in [2.75, 3.05) is 0 Å². The Bertz CT molecular complexity index is 355. The summed E-state index contributed by atoms with van der Waals surface area (Å²) in [5.74, 6) is 0.398. The van der Waals surface area contributed by atoms with Gasteiger partial charge in [-0.1, -0.05) is 25.9 Å². The molecule has 1 aliphatic rings. The molecule has 1 fully saturated rings. The summed E-state index contributed by atoms with van der Waals surface area (Å²) in [7, 11) is 0. The molecule has 0 aromatic carbocycles. The molecule has 2 unspecified atom stereocenters. The first-order valence-corrected chi connectivity index (χ1v) is 5.42. The van der Waals surface area contributed by atoms with E-state index in [1.54, 1.807) is 0 Å². The van der Waals surface area contributed by atoms with Gasteiger partial charge in [-0.2, -0.15) is 10.4 Å². The number of amides is 2. The van der Waals surface area contributed by atoms with Crippen LogP contribution >= 0.6 is 0 Å². The van der Waals surface area contributed by atoms with Gasteiger partial charge in [-0.25, -0.2) is 4.79 Å². The second-order valence-electron chi connectivity index (χ2n) is 5.54. The number of azo groups is 1. The smallest absolute Gasteiger partial charge is 0.348 e. The van der Waals surface area contributed by atoms with Crippen molar-refractivity contribution in [3.8, 4) is 6.07 Å². The maximum Gasteiger partial charge on any atom is 0.356 e. The van der Waals surface area contributed by atoms with Gasteiger partial charge in [0.15, 0.2) is 5.54 Å². The first-order chi connectivity index (χ1) is 7.29. The van der Waals surface area contributed by atoms with Crippen LogP contribution in [0.5, 0.6) is 0 Å². The normalized spacial score (nSPS) is 33.5. The van der Waals surface area contributed by atoms with Crippen molar-refractivity contribution in [3.63, 3.8) is 0 Å². The Hall–Kier alpha value is -1.44. The van der Waals surface area contributed by atoms with Crippen molar-refractivity contribution in [1.82, 2.24) is 0 Å². The highest BCUT2D eigenvalue weighted by Gasteiger charge is 2.43. The molecule has 0 saturated heterocycles. The third-order valence-corrected chi connectivity index (χ3v) is 2.91. The summed E-state index contributed by atoms with van der Waals surface area (Å²) in [6.45, 7) is 6.30. The van der Waals surface area contributed by atoms with Gasteiger partial charge in [0.1, 0.15) is 0 Å². The zero-order valence-corrected chi connectivity index (χ0v) is 10.0. The zero-order valence-electron chi connectivity index (χ0n) is 10.0. The van der Waals surface area contributed by atoms with E-state index in [9.17, 15) is 10.1 Å². The predicted octanol–water partition coefficient (Wildman–Crippen LogP) is 2.63. The molecule has 0 aromatic heterocycles. The maximum absolute atomic E-state index is 10.6. The Labute approximate surface area is 95.7 Å². The van der Waals surface area contributed by atoms with Gasteiger partial charge in [0.25, 0.3) is 0 Å². The number of nitrogens with two attached hydrogens (primary N) is 1. The lowest BCUT2D eigenvalue weighted by Crippen LogP contribution is -2.39. The van der Waals surface area contributed by atoms with E-state index in [-0.39, 0.29) is 5.41 Å². The summed E-state index contributed by atoms with van der Waals surface area (Å²) in [5, 5.41) is 16.4. The molecule has 0 aliphatic heterocycles. The molecule has 0 aromatic rings. The van der Waals surface area contributed by atoms with Crippen LogP contribution in [0.3, 0.4) is 0 Å². The summed E-state index contributed by atoms with van der Waals surface area (Å²) in [4.78, 5) is 10.6. The Morgan fingerprint density at radius 1 is 1.50 bits per heavy atom. The maximum atomic E-state index is 10.6. The Morgan fingerprint density at radius 3 is 2.56 bits per heavy atom. The number of hydrogen-bond donors (Lipinski definition) is 1. The lowest BCUT2D eigenvalue weighted by atomic mass is 9.65. The Morgan fingerprint density at radius 2 is 2.12 bits per heavy atom. The first-order valence-electron chi connectivity index (χ1n) is 5.42. The van der Waals surface area contributed by atoms with E-state index in [1.165, 1.54) is 0 Å². The largest absolute Gasteiger partial charge is 0.356 e. The Kier molecular flexibility index (Phi) is 3.32. The van der Waals surface area contributed by atoms with Gasteiger partial charge < -0.3 is 5.73 Å². The molecule has 5 nitrogen and oxygen atoms in total. The molecule has 88 valence electrons. The third-order valence-electron chi connectivity index (χ3n) is 2.91. The standard InChI is InChI=1S/C11H18N4O/c1-8-4-10(2,3)6-11(5-8,7-12)15-14-9(13)16/h8H,4-6H2,1-3H3,(H2,13,16). The number of urea groups is 1. The van der Waals surface area contributed by atoms with E-state index >= 15 is 0 Å². The molecule has 0 spiro atoms. The van der Waals surface area contributed by atoms with Gasteiger partial charge in [0.2, 0.25) is 0 Å². The minimum atomic E-state index is -0.879. The van der Waals surface area contributed by atoms with Crippen LogP contribution in [0.4, 0.5) is 4.79 Å². The summed E-state index contributed by atoms with van der Waals surface area (Å²) in [6.07, 6.45) is 2.32. The molecule has 2 amide bonds. The van der Waals surface area contributed by atoms with Gasteiger partial charge in [-0.05, 0) is 30.6 Å². The summed E-state index contributed by atoms with van der Waals surface area (Å²) >= 11 is 0. The van der Waals surface area contributed by atoms with Gasteiger partial charge in [0.05, 0.1) is 6.07 Å². The fraction of sp³-hybridized carbons (Fsp3) is 0.818. The molecule has 0 radical (unpaired) electrons. The Balaban J connectivity index is 2.96. The highest BCUT2D eigenvalue weighted by molar-refractivity contribution is 5.71. The molecule has 1 saturated carbocycles. The second kappa shape index (κ2) is 4.20. The lowest BCUT2D eigenvalue weighted by molar-refractivity contribution is 0.135. The van der Waals surface area contributed by atoms with Crippen LogP contribution in [-0.2, 0) is 0 Å². The molecule has 2 atom stereocenters. The van der Waals surface area contributed by atoms with Crippen molar-refractivity contribution in [2.24, 2.45) is 27.3 Å². The number of nitriles is 1. The van der Waals surface area contributed by atoms with Gasteiger partial charge in [-0.15, -0.1) is 0 Å². The molecule has 0 bridgehead atoms. The topological polar surface area (TPSA) is 91.6 Å². The van der Waals surface area contributed by atoms with Crippen molar-refractivity contribution in [1.29, 1.82) is 5.26 Å². The lowest BCUT2D eigenvalue weighted by Gasteiger charge is -2.40. The van der Waals surface area contributed by atoms with E-state index in [2.05, 4.69) is 37.1 Å². The summed E-state index contributed by atoms with van der Waals surface area (Å²) in [5.41, 5.74) is 4.08. The van der Waals surface area contributed by atoms with E-state index < -0.39 is 11.6 Å². The molecule has 1 rings (SSSR count). The molecular formula is C11H18N4O. The van der Waals surface area contributed by atoms with Crippen LogP contribution in [0.25, 0.3) is 0 Å². The fourth-order valence-electron chi connectivity index (χ4n) is 2.86.